The van der Waals surface area contributed by atoms with E-state index in [9.17, 15) is 9.18 Å². The van der Waals surface area contributed by atoms with Gasteiger partial charge in [-0.15, -0.1) is 10.2 Å². The second kappa shape index (κ2) is 8.41. The van der Waals surface area contributed by atoms with Crippen LogP contribution in [0.2, 0.25) is 5.02 Å². The summed E-state index contributed by atoms with van der Waals surface area (Å²) in [5.74, 6) is -0.290. The molecule has 1 unspecified atom stereocenters. The summed E-state index contributed by atoms with van der Waals surface area (Å²) < 4.78 is 25.5. The van der Waals surface area contributed by atoms with E-state index in [1.165, 1.54) is 6.07 Å². The number of aryl methyl sites for hydroxylation is 1. The number of esters is 1. The average molecular weight is 464 g/mol. The minimum Gasteiger partial charge on any atom is -0.449 e. The Labute approximate surface area is 194 Å². The zero-order valence-corrected chi connectivity index (χ0v) is 18.7. The fourth-order valence-corrected chi connectivity index (χ4v) is 4.30. The quantitative estimate of drug-likeness (QED) is 0.339. The van der Waals surface area contributed by atoms with Crippen LogP contribution < -0.4 is 0 Å². The molecule has 1 aliphatic carbocycles. The van der Waals surface area contributed by atoms with Crippen LogP contribution in [-0.4, -0.2) is 21.2 Å². The largest absolute Gasteiger partial charge is 0.449 e. The van der Waals surface area contributed by atoms with Crippen molar-refractivity contribution in [1.82, 2.24) is 15.2 Å². The summed E-state index contributed by atoms with van der Waals surface area (Å²) in [7, 11) is 0. The molecule has 2 aromatic heterocycles. The fourth-order valence-electron chi connectivity index (χ4n) is 4.08. The standard InChI is InChI=1S/C25H19ClFN3O3/c1-13(24-30-29-14(2)33-24)32-25(31)22-16-6-3-4-9-21(16)28-23-15(10-11-17(22)23)12-18-19(26)7-5-8-20(18)27/h3-9,12-13H,10-11H2,1-2H3/b15-12-. The van der Waals surface area contributed by atoms with Crippen LogP contribution in [0.5, 0.6) is 0 Å². The number of ether oxygens (including phenoxy) is 1. The van der Waals surface area contributed by atoms with Gasteiger partial charge in [-0.1, -0.05) is 35.9 Å². The number of para-hydroxylation sites is 1. The first-order valence-corrected chi connectivity index (χ1v) is 10.9. The minimum absolute atomic E-state index is 0.227. The van der Waals surface area contributed by atoms with Crippen LogP contribution in [0.3, 0.4) is 0 Å². The van der Waals surface area contributed by atoms with E-state index >= 15 is 0 Å². The van der Waals surface area contributed by atoms with Gasteiger partial charge in [0.2, 0.25) is 5.89 Å². The van der Waals surface area contributed by atoms with Crippen molar-refractivity contribution in [3.05, 3.63) is 87.5 Å². The number of hydrogen-bond donors (Lipinski definition) is 0. The molecule has 2 aromatic carbocycles. The maximum Gasteiger partial charge on any atom is 0.339 e. The molecule has 33 heavy (non-hydrogen) atoms. The Morgan fingerprint density at radius 3 is 2.76 bits per heavy atom. The highest BCUT2D eigenvalue weighted by Crippen LogP contribution is 2.39. The predicted molar refractivity (Wildman–Crippen MR) is 122 cm³/mol. The molecule has 166 valence electrons. The molecule has 6 nitrogen and oxygen atoms in total. The first kappa shape index (κ1) is 21.3. The maximum absolute atomic E-state index is 14.4. The van der Waals surface area contributed by atoms with E-state index in [0.29, 0.717) is 51.5 Å². The first-order chi connectivity index (χ1) is 15.9. The number of rotatable bonds is 4. The van der Waals surface area contributed by atoms with Crippen molar-refractivity contribution in [2.45, 2.75) is 32.8 Å². The lowest BCUT2D eigenvalue weighted by Gasteiger charge is -2.14. The minimum atomic E-state index is -0.713. The summed E-state index contributed by atoms with van der Waals surface area (Å²) in [6.45, 7) is 3.35. The lowest BCUT2D eigenvalue weighted by molar-refractivity contribution is 0.0278. The predicted octanol–water partition coefficient (Wildman–Crippen LogP) is 6.12. The van der Waals surface area contributed by atoms with Crippen LogP contribution in [-0.2, 0) is 11.2 Å². The normalized spacial score (nSPS) is 15.1. The van der Waals surface area contributed by atoms with Crippen LogP contribution in [0, 0.1) is 12.7 Å². The molecular weight excluding hydrogens is 445 g/mol. The van der Waals surface area contributed by atoms with Gasteiger partial charge >= 0.3 is 5.97 Å². The second-order valence-corrected chi connectivity index (χ2v) is 8.25. The molecule has 0 saturated heterocycles. The van der Waals surface area contributed by atoms with Gasteiger partial charge in [0, 0.05) is 17.9 Å². The van der Waals surface area contributed by atoms with Gasteiger partial charge in [-0.25, -0.2) is 14.2 Å². The number of allylic oxidation sites excluding steroid dienone is 1. The second-order valence-electron chi connectivity index (χ2n) is 7.84. The van der Waals surface area contributed by atoms with Crippen molar-refractivity contribution in [3.8, 4) is 0 Å². The van der Waals surface area contributed by atoms with Crippen LogP contribution in [0.25, 0.3) is 22.6 Å². The van der Waals surface area contributed by atoms with E-state index in [1.54, 1.807) is 32.1 Å². The van der Waals surface area contributed by atoms with Gasteiger partial charge in [-0.3, -0.25) is 0 Å². The molecule has 0 radical (unpaired) electrons. The number of benzene rings is 2. The van der Waals surface area contributed by atoms with E-state index in [1.807, 2.05) is 24.3 Å². The molecular formula is C25H19ClFN3O3. The summed E-state index contributed by atoms with van der Waals surface area (Å²) in [5, 5.41) is 8.75. The van der Waals surface area contributed by atoms with Gasteiger partial charge in [0.15, 0.2) is 6.10 Å². The van der Waals surface area contributed by atoms with E-state index in [-0.39, 0.29) is 5.89 Å². The van der Waals surface area contributed by atoms with Gasteiger partial charge in [0.05, 0.1) is 21.8 Å². The molecule has 0 fully saturated rings. The zero-order valence-electron chi connectivity index (χ0n) is 17.9. The molecule has 0 bridgehead atoms. The summed E-state index contributed by atoms with van der Waals surface area (Å²) in [6, 6.07) is 12.0. The average Bonchev–Trinajstić information content (AvgIpc) is 3.40. The Morgan fingerprint density at radius 1 is 1.18 bits per heavy atom. The van der Waals surface area contributed by atoms with Crippen LogP contribution in [0.15, 0.2) is 46.9 Å². The third kappa shape index (κ3) is 3.89. The molecule has 0 aliphatic heterocycles. The highest BCUT2D eigenvalue weighted by molar-refractivity contribution is 6.32. The lowest BCUT2D eigenvalue weighted by atomic mass is 10.0. The molecule has 0 saturated carbocycles. The van der Waals surface area contributed by atoms with Gasteiger partial charge in [-0.2, -0.15) is 0 Å². The number of pyridine rings is 1. The van der Waals surface area contributed by atoms with E-state index in [0.717, 1.165) is 11.1 Å². The Hall–Kier alpha value is -3.58. The summed E-state index contributed by atoms with van der Waals surface area (Å²) in [4.78, 5) is 18.1. The molecule has 5 rings (SSSR count). The van der Waals surface area contributed by atoms with E-state index < -0.39 is 17.9 Å². The number of carbonyl (C=O) groups excluding carboxylic acids is 1. The monoisotopic (exact) mass is 463 g/mol. The van der Waals surface area contributed by atoms with E-state index in [2.05, 4.69) is 10.2 Å². The highest BCUT2D eigenvalue weighted by atomic mass is 35.5. The van der Waals surface area contributed by atoms with Crippen molar-refractivity contribution in [2.75, 3.05) is 0 Å². The number of hydrogen-bond acceptors (Lipinski definition) is 6. The Balaban J connectivity index is 1.60. The number of nitrogens with zero attached hydrogens (tertiary/aromatic N) is 3. The fraction of sp³-hybridized carbons (Fsp3) is 0.200. The van der Waals surface area contributed by atoms with Gasteiger partial charge in [0.1, 0.15) is 5.82 Å². The number of carbonyl (C=O) groups is 1. The molecule has 0 amide bonds. The molecule has 4 aromatic rings. The van der Waals surface area contributed by atoms with Crippen molar-refractivity contribution in [3.63, 3.8) is 0 Å². The number of halogens is 2. The van der Waals surface area contributed by atoms with E-state index in [4.69, 9.17) is 25.7 Å². The zero-order chi connectivity index (χ0) is 23.1. The van der Waals surface area contributed by atoms with Crippen molar-refractivity contribution >= 4 is 40.1 Å². The number of fused-ring (bicyclic) bond motifs is 2. The first-order valence-electron chi connectivity index (χ1n) is 10.5. The third-order valence-electron chi connectivity index (χ3n) is 5.64. The molecule has 1 aliphatic rings. The van der Waals surface area contributed by atoms with Crippen molar-refractivity contribution in [1.29, 1.82) is 0 Å². The maximum atomic E-state index is 14.4. The molecule has 8 heteroatoms. The highest BCUT2D eigenvalue weighted by Gasteiger charge is 2.29. The van der Waals surface area contributed by atoms with Gasteiger partial charge in [0.25, 0.3) is 5.89 Å². The van der Waals surface area contributed by atoms with Gasteiger partial charge in [-0.05, 0) is 55.2 Å². The smallest absolute Gasteiger partial charge is 0.339 e. The number of aromatic nitrogens is 3. The van der Waals surface area contributed by atoms with Gasteiger partial charge < -0.3 is 9.15 Å². The van der Waals surface area contributed by atoms with Crippen LogP contribution in [0.4, 0.5) is 4.39 Å². The van der Waals surface area contributed by atoms with Crippen LogP contribution >= 0.6 is 11.6 Å². The topological polar surface area (TPSA) is 78.1 Å². The summed E-state index contributed by atoms with van der Waals surface area (Å²) >= 11 is 6.23. The SMILES string of the molecule is Cc1nnc(C(C)OC(=O)c2c3c(nc4ccccc24)/C(=C\c2c(F)cccc2Cl)CC3)o1. The molecule has 0 spiro atoms. The molecule has 0 N–H and O–H groups in total. The molecule has 2 heterocycles. The molecule has 1 atom stereocenters. The summed E-state index contributed by atoms with van der Waals surface area (Å²) in [6.07, 6.45) is 2.17. The Kier molecular flexibility index (Phi) is 5.42. The third-order valence-corrected chi connectivity index (χ3v) is 5.97. The Bertz CT molecular complexity index is 1410. The lowest BCUT2D eigenvalue weighted by Crippen LogP contribution is -2.13. The van der Waals surface area contributed by atoms with Crippen molar-refractivity contribution < 1.29 is 18.3 Å². The van der Waals surface area contributed by atoms with Crippen LogP contribution in [0.1, 0.15) is 58.4 Å². The Morgan fingerprint density at radius 2 is 2.00 bits per heavy atom. The van der Waals surface area contributed by atoms with Crippen molar-refractivity contribution in [2.24, 2.45) is 0 Å². The summed E-state index contributed by atoms with van der Waals surface area (Å²) in [5.41, 5.74) is 3.64.